The zero-order valence-electron chi connectivity index (χ0n) is 11.2. The number of aromatic nitrogens is 1. The number of nitrogens with zero attached hydrogens (tertiary/aromatic N) is 2. The Bertz CT molecular complexity index is 894. The number of methoxy groups -OCH3 is 1. The third-order valence-electron chi connectivity index (χ3n) is 3.22. The first kappa shape index (κ1) is 13.7. The van der Waals surface area contributed by atoms with Gasteiger partial charge in [-0.3, -0.25) is 14.2 Å². The van der Waals surface area contributed by atoms with Crippen LogP contribution in [-0.2, 0) is 16.1 Å². The number of thiazole rings is 1. The molecule has 7 heteroatoms. The Morgan fingerprint density at radius 1 is 1.33 bits per heavy atom. The molecule has 1 aliphatic heterocycles. The van der Waals surface area contributed by atoms with Gasteiger partial charge in [-0.1, -0.05) is 29.5 Å². The van der Waals surface area contributed by atoms with Gasteiger partial charge in [0.2, 0.25) is 5.88 Å². The lowest BCUT2D eigenvalue weighted by Gasteiger charge is -2.03. The molecule has 0 aliphatic carbocycles. The van der Waals surface area contributed by atoms with Crippen molar-refractivity contribution in [2.45, 2.75) is 6.54 Å². The highest BCUT2D eigenvalue weighted by Gasteiger charge is 2.25. The molecule has 1 aromatic heterocycles. The molecule has 6 nitrogen and oxygen atoms in total. The minimum absolute atomic E-state index is 0.211. The highest BCUT2D eigenvalue weighted by Crippen LogP contribution is 2.27. The molecule has 3 rings (SSSR count). The van der Waals surface area contributed by atoms with E-state index >= 15 is 0 Å². The third-order valence-corrected chi connectivity index (χ3v) is 4.21. The van der Waals surface area contributed by atoms with Crippen LogP contribution < -0.4 is 15.4 Å². The van der Waals surface area contributed by atoms with Crippen molar-refractivity contribution in [2.24, 2.45) is 4.99 Å². The second kappa shape index (κ2) is 5.27. The number of carbonyl (C=O) groups is 1. The summed E-state index contributed by atoms with van der Waals surface area (Å²) in [6.07, 6.45) is 0. The number of amides is 1. The Morgan fingerprint density at radius 2 is 2.10 bits per heavy atom. The van der Waals surface area contributed by atoms with Gasteiger partial charge in [0.15, 0.2) is 0 Å². The van der Waals surface area contributed by atoms with Crippen LogP contribution in [0.4, 0.5) is 0 Å². The maximum Gasteiger partial charge on any atom is 0.310 e. The van der Waals surface area contributed by atoms with Gasteiger partial charge >= 0.3 is 4.87 Å². The molecule has 108 valence electrons. The lowest BCUT2D eigenvalue weighted by atomic mass is 10.1. The van der Waals surface area contributed by atoms with Crippen molar-refractivity contribution in [1.29, 1.82) is 0 Å². The van der Waals surface area contributed by atoms with Gasteiger partial charge in [0.25, 0.3) is 5.91 Å². The van der Waals surface area contributed by atoms with Crippen LogP contribution >= 0.6 is 11.3 Å². The molecule has 2 aromatic rings. The Hall–Kier alpha value is -2.25. The van der Waals surface area contributed by atoms with Crippen molar-refractivity contribution < 1.29 is 14.6 Å². The topological polar surface area (TPSA) is 80.9 Å². The highest BCUT2D eigenvalue weighted by molar-refractivity contribution is 7.11. The monoisotopic (exact) mass is 304 g/mol. The van der Waals surface area contributed by atoms with Crippen LogP contribution in [0.2, 0.25) is 0 Å². The van der Waals surface area contributed by atoms with Gasteiger partial charge < -0.3 is 9.84 Å². The molecule has 1 N–H and O–H groups in total. The molecule has 2 heterocycles. The zero-order chi connectivity index (χ0) is 15.0. The molecule has 0 spiro atoms. The van der Waals surface area contributed by atoms with Crippen molar-refractivity contribution >= 4 is 22.8 Å². The maximum atomic E-state index is 12.1. The smallest absolute Gasteiger partial charge is 0.310 e. The Morgan fingerprint density at radius 3 is 2.86 bits per heavy atom. The predicted octanol–water partition coefficient (Wildman–Crippen LogP) is -0.379. The lowest BCUT2D eigenvalue weighted by molar-refractivity contribution is -0.112. The number of hydrogen-bond acceptors (Lipinski definition) is 5. The first-order valence-electron chi connectivity index (χ1n) is 6.28. The summed E-state index contributed by atoms with van der Waals surface area (Å²) in [5, 5.41) is 11.4. The van der Waals surface area contributed by atoms with E-state index in [0.29, 0.717) is 17.2 Å². The predicted molar refractivity (Wildman–Crippen MR) is 76.9 cm³/mol. The molecule has 0 radical (unpaired) electrons. The molecule has 1 aliphatic rings. The van der Waals surface area contributed by atoms with E-state index in [-0.39, 0.29) is 27.7 Å². The summed E-state index contributed by atoms with van der Waals surface area (Å²) in [5.41, 5.74) is 0.279. The van der Waals surface area contributed by atoms with Crippen LogP contribution in [0.5, 0.6) is 5.88 Å². The third kappa shape index (κ3) is 2.20. The average Bonchev–Trinajstić information content (AvgIpc) is 2.93. The lowest BCUT2D eigenvalue weighted by Crippen LogP contribution is -2.22. The van der Waals surface area contributed by atoms with E-state index in [4.69, 9.17) is 4.74 Å². The van der Waals surface area contributed by atoms with Gasteiger partial charge in [0.05, 0.1) is 24.1 Å². The number of ether oxygens (including phenoxy) is 1. The molecule has 1 amide bonds. The van der Waals surface area contributed by atoms with Crippen LogP contribution in [0.3, 0.4) is 0 Å². The number of rotatable bonds is 4. The van der Waals surface area contributed by atoms with Crippen molar-refractivity contribution in [3.8, 4) is 5.88 Å². The normalized spacial score (nSPS) is 13.4. The maximum absolute atomic E-state index is 12.1. The number of hydrogen-bond donors (Lipinski definition) is 1. The van der Waals surface area contributed by atoms with Crippen LogP contribution in [-0.4, -0.2) is 29.3 Å². The standard InChI is InChI=1S/C14H12N2O4S/c1-20-7-6-16-13(18)11(21-14(16)19)10-8-4-2-3-5-9(8)15-12(10)17/h2-5,18H,6-7H2,1H3. The van der Waals surface area contributed by atoms with Crippen molar-refractivity contribution in [1.82, 2.24) is 4.57 Å². The van der Waals surface area contributed by atoms with Gasteiger partial charge in [-0.2, -0.15) is 0 Å². The Balaban J connectivity index is 2.22. The number of aromatic hydroxyl groups is 1. The van der Waals surface area contributed by atoms with Crippen LogP contribution in [0.25, 0.3) is 5.57 Å². The first-order chi connectivity index (χ1) is 10.1. The van der Waals surface area contributed by atoms with Crippen molar-refractivity contribution in [2.75, 3.05) is 13.7 Å². The van der Waals surface area contributed by atoms with Crippen molar-refractivity contribution in [3.05, 3.63) is 49.4 Å². The number of para-hydroxylation sites is 1. The van der Waals surface area contributed by atoms with Gasteiger partial charge in [-0.25, -0.2) is 4.99 Å². The molecule has 21 heavy (non-hydrogen) atoms. The second-order valence-corrected chi connectivity index (χ2v) is 5.44. The molecule has 0 saturated heterocycles. The number of carbonyl (C=O) groups excluding carboxylic acids is 1. The zero-order valence-corrected chi connectivity index (χ0v) is 12.0. The van der Waals surface area contributed by atoms with Crippen LogP contribution in [0, 0.1) is 0 Å². The molecule has 0 atom stereocenters. The van der Waals surface area contributed by atoms with Crippen molar-refractivity contribution in [3.63, 3.8) is 0 Å². The summed E-state index contributed by atoms with van der Waals surface area (Å²) >= 11 is 0.840. The first-order valence-corrected chi connectivity index (χ1v) is 7.09. The summed E-state index contributed by atoms with van der Waals surface area (Å²) < 4.78 is 6.11. The fourth-order valence-corrected chi connectivity index (χ4v) is 3.19. The van der Waals surface area contributed by atoms with E-state index in [9.17, 15) is 14.7 Å². The van der Waals surface area contributed by atoms with Crippen LogP contribution in [0.1, 0.15) is 4.88 Å². The summed E-state index contributed by atoms with van der Waals surface area (Å²) in [6, 6.07) is 7.05. The molecule has 0 fully saturated rings. The second-order valence-electron chi connectivity index (χ2n) is 4.47. The summed E-state index contributed by atoms with van der Waals surface area (Å²) in [5.74, 6) is -0.649. The fourth-order valence-electron chi connectivity index (χ4n) is 2.22. The van der Waals surface area contributed by atoms with E-state index in [1.54, 1.807) is 24.3 Å². The van der Waals surface area contributed by atoms with Gasteiger partial charge in [-0.15, -0.1) is 0 Å². The fraction of sp³-hybridized carbons (Fsp3) is 0.214. The van der Waals surface area contributed by atoms with E-state index in [1.165, 1.54) is 11.7 Å². The molecule has 0 unspecified atom stereocenters. The van der Waals surface area contributed by atoms with E-state index in [0.717, 1.165) is 11.3 Å². The SMILES string of the molecule is COCCn1c(O)c(C2=c3ccccc3=NC2=O)sc1=O. The molecular formula is C14H12N2O4S. The molecule has 0 saturated carbocycles. The average molecular weight is 304 g/mol. The van der Waals surface area contributed by atoms with Crippen LogP contribution in [0.15, 0.2) is 34.1 Å². The largest absolute Gasteiger partial charge is 0.493 e. The minimum Gasteiger partial charge on any atom is -0.493 e. The van der Waals surface area contributed by atoms with E-state index < -0.39 is 5.91 Å². The highest BCUT2D eigenvalue weighted by atomic mass is 32.1. The molecular weight excluding hydrogens is 292 g/mol. The summed E-state index contributed by atoms with van der Waals surface area (Å²) in [6.45, 7) is 0.534. The van der Waals surface area contributed by atoms with E-state index in [1.807, 2.05) is 0 Å². The molecule has 1 aromatic carbocycles. The Labute approximate surface area is 123 Å². The number of benzene rings is 1. The van der Waals surface area contributed by atoms with E-state index in [2.05, 4.69) is 4.99 Å². The Kier molecular flexibility index (Phi) is 3.44. The van der Waals surface area contributed by atoms with Gasteiger partial charge in [0, 0.05) is 12.3 Å². The van der Waals surface area contributed by atoms with Gasteiger partial charge in [0.1, 0.15) is 4.88 Å². The quantitative estimate of drug-likeness (QED) is 0.835. The minimum atomic E-state index is -0.438. The summed E-state index contributed by atoms with van der Waals surface area (Å²) in [7, 11) is 1.51. The van der Waals surface area contributed by atoms with Gasteiger partial charge in [-0.05, 0) is 6.07 Å². The summed E-state index contributed by atoms with van der Waals surface area (Å²) in [4.78, 5) is 27.9. The number of fused-ring (bicyclic) bond motifs is 1. The molecule has 0 bridgehead atoms.